The molecule has 2 aromatic carbocycles. The first-order chi connectivity index (χ1) is 13.1. The zero-order valence-electron chi connectivity index (χ0n) is 15.2. The zero-order valence-corrected chi connectivity index (χ0v) is 15.2. The molecule has 2 aliphatic heterocycles. The molecule has 6 heteroatoms. The summed E-state index contributed by atoms with van der Waals surface area (Å²) in [6.07, 6.45) is 4.02. The van der Waals surface area contributed by atoms with Crippen molar-refractivity contribution in [2.45, 2.75) is 31.7 Å². The maximum Gasteiger partial charge on any atom is 0.282 e. The Morgan fingerprint density at radius 1 is 1.00 bits per heavy atom. The monoisotopic (exact) mass is 365 g/mol. The van der Waals surface area contributed by atoms with Gasteiger partial charge in [0.25, 0.3) is 11.6 Å². The van der Waals surface area contributed by atoms with Crippen molar-refractivity contribution >= 4 is 17.3 Å². The van der Waals surface area contributed by atoms with Gasteiger partial charge in [-0.25, -0.2) is 0 Å². The Bertz CT molecular complexity index is 847. The molecule has 27 heavy (non-hydrogen) atoms. The molecule has 0 spiro atoms. The van der Waals surface area contributed by atoms with E-state index in [0.717, 1.165) is 37.9 Å². The van der Waals surface area contributed by atoms with Crippen LogP contribution in [0.15, 0.2) is 48.5 Å². The third-order valence-electron chi connectivity index (χ3n) is 5.57. The number of likely N-dealkylation sites (tertiary alicyclic amines) is 1. The van der Waals surface area contributed by atoms with E-state index in [1.807, 2.05) is 18.2 Å². The highest BCUT2D eigenvalue weighted by molar-refractivity contribution is 5.99. The molecule has 2 fully saturated rings. The Labute approximate surface area is 158 Å². The molecule has 0 N–H and O–H groups in total. The number of benzene rings is 2. The average Bonchev–Trinajstić information content (AvgIpc) is 3.39. The summed E-state index contributed by atoms with van der Waals surface area (Å²) in [4.78, 5) is 27.9. The molecule has 4 rings (SSSR count). The second kappa shape index (κ2) is 7.39. The Hall–Kier alpha value is -2.89. The zero-order chi connectivity index (χ0) is 18.8. The van der Waals surface area contributed by atoms with Gasteiger partial charge in [0.05, 0.1) is 11.0 Å². The van der Waals surface area contributed by atoms with E-state index in [2.05, 4.69) is 17.0 Å². The fourth-order valence-electron chi connectivity index (χ4n) is 4.22. The summed E-state index contributed by atoms with van der Waals surface area (Å²) in [5, 5.41) is 11.5. The van der Waals surface area contributed by atoms with Gasteiger partial charge in [-0.05, 0) is 43.4 Å². The predicted octanol–water partition coefficient (Wildman–Crippen LogP) is 4.17. The Balaban J connectivity index is 1.70. The summed E-state index contributed by atoms with van der Waals surface area (Å²) in [5.41, 5.74) is 2.22. The standard InChI is InChI=1S/C21H23N3O3/c25-21(22-12-4-5-13-22)18-15-17(10-11-20(18)24(26)27)23-14-6-9-19(23)16-7-2-1-3-8-16/h1-3,7-8,10-11,15,19H,4-6,9,12-14H2. The first kappa shape index (κ1) is 17.5. The van der Waals surface area contributed by atoms with E-state index >= 15 is 0 Å². The van der Waals surface area contributed by atoms with Crippen LogP contribution in [0.25, 0.3) is 0 Å². The number of hydrogen-bond acceptors (Lipinski definition) is 4. The van der Waals surface area contributed by atoms with Gasteiger partial charge in [0.1, 0.15) is 5.56 Å². The highest BCUT2D eigenvalue weighted by atomic mass is 16.6. The lowest BCUT2D eigenvalue weighted by Crippen LogP contribution is -2.29. The van der Waals surface area contributed by atoms with E-state index in [9.17, 15) is 14.9 Å². The molecular weight excluding hydrogens is 342 g/mol. The molecule has 1 amide bonds. The fraction of sp³-hybridized carbons (Fsp3) is 0.381. The van der Waals surface area contributed by atoms with Crippen molar-refractivity contribution in [1.82, 2.24) is 4.90 Å². The van der Waals surface area contributed by atoms with Crippen molar-refractivity contribution in [3.05, 3.63) is 69.8 Å². The molecule has 0 aliphatic carbocycles. The largest absolute Gasteiger partial charge is 0.364 e. The summed E-state index contributed by atoms with van der Waals surface area (Å²) < 4.78 is 0. The smallest absolute Gasteiger partial charge is 0.282 e. The second-order valence-corrected chi connectivity index (χ2v) is 7.22. The summed E-state index contributed by atoms with van der Waals surface area (Å²) in [5.74, 6) is -0.225. The highest BCUT2D eigenvalue weighted by Gasteiger charge is 2.31. The minimum absolute atomic E-state index is 0.105. The molecule has 1 atom stereocenters. The Morgan fingerprint density at radius 3 is 2.44 bits per heavy atom. The van der Waals surface area contributed by atoms with Crippen molar-refractivity contribution in [2.75, 3.05) is 24.5 Å². The number of nitro benzene ring substituents is 1. The van der Waals surface area contributed by atoms with Gasteiger partial charge in [-0.2, -0.15) is 0 Å². The van der Waals surface area contributed by atoms with Gasteiger partial charge in [0.2, 0.25) is 0 Å². The third-order valence-corrected chi connectivity index (χ3v) is 5.57. The number of carbonyl (C=O) groups excluding carboxylic acids is 1. The summed E-state index contributed by atoms with van der Waals surface area (Å²) >= 11 is 0. The lowest BCUT2D eigenvalue weighted by molar-refractivity contribution is -0.385. The van der Waals surface area contributed by atoms with E-state index in [1.165, 1.54) is 11.6 Å². The van der Waals surface area contributed by atoms with Crippen LogP contribution >= 0.6 is 0 Å². The van der Waals surface area contributed by atoms with E-state index in [0.29, 0.717) is 13.1 Å². The van der Waals surface area contributed by atoms with Gasteiger partial charge in [-0.3, -0.25) is 14.9 Å². The Morgan fingerprint density at radius 2 is 1.74 bits per heavy atom. The van der Waals surface area contributed by atoms with Gasteiger partial charge < -0.3 is 9.80 Å². The predicted molar refractivity (Wildman–Crippen MR) is 104 cm³/mol. The highest BCUT2D eigenvalue weighted by Crippen LogP contribution is 2.38. The van der Waals surface area contributed by atoms with Crippen molar-refractivity contribution in [3.8, 4) is 0 Å². The van der Waals surface area contributed by atoms with Crippen molar-refractivity contribution in [1.29, 1.82) is 0 Å². The fourth-order valence-corrected chi connectivity index (χ4v) is 4.22. The number of nitrogens with zero attached hydrogens (tertiary/aromatic N) is 3. The van der Waals surface area contributed by atoms with Gasteiger partial charge in [0, 0.05) is 31.4 Å². The molecule has 0 radical (unpaired) electrons. The number of carbonyl (C=O) groups is 1. The van der Waals surface area contributed by atoms with Crippen LogP contribution in [0.2, 0.25) is 0 Å². The molecule has 2 aromatic rings. The number of hydrogen-bond donors (Lipinski definition) is 0. The van der Waals surface area contributed by atoms with Crippen molar-refractivity contribution in [3.63, 3.8) is 0 Å². The molecule has 0 aromatic heterocycles. The second-order valence-electron chi connectivity index (χ2n) is 7.22. The summed E-state index contributed by atoms with van der Waals surface area (Å²) in [7, 11) is 0. The molecule has 0 saturated carbocycles. The number of nitro groups is 1. The molecule has 1 unspecified atom stereocenters. The molecule has 2 heterocycles. The van der Waals surface area contributed by atoms with E-state index in [4.69, 9.17) is 0 Å². The van der Waals surface area contributed by atoms with Crippen LogP contribution in [0.4, 0.5) is 11.4 Å². The maximum atomic E-state index is 12.9. The third kappa shape index (κ3) is 3.39. The first-order valence-electron chi connectivity index (χ1n) is 9.54. The van der Waals surface area contributed by atoms with Crippen molar-refractivity contribution in [2.24, 2.45) is 0 Å². The average molecular weight is 365 g/mol. The minimum atomic E-state index is -0.453. The number of anilines is 1. The molecule has 140 valence electrons. The lowest BCUT2D eigenvalue weighted by Gasteiger charge is -2.28. The van der Waals surface area contributed by atoms with Crippen molar-refractivity contribution < 1.29 is 9.72 Å². The van der Waals surface area contributed by atoms with E-state index in [-0.39, 0.29) is 23.2 Å². The maximum absolute atomic E-state index is 12.9. The number of rotatable bonds is 4. The normalized spacial score (nSPS) is 19.5. The van der Waals surface area contributed by atoms with Gasteiger partial charge in [-0.1, -0.05) is 30.3 Å². The van der Waals surface area contributed by atoms with Gasteiger partial charge in [0.15, 0.2) is 0 Å². The van der Waals surface area contributed by atoms with Gasteiger partial charge in [-0.15, -0.1) is 0 Å². The van der Waals surface area contributed by atoms with Crippen LogP contribution in [0, 0.1) is 10.1 Å². The Kier molecular flexibility index (Phi) is 4.79. The summed E-state index contributed by atoms with van der Waals surface area (Å²) in [6, 6.07) is 15.5. The SMILES string of the molecule is O=C(c1cc(N2CCCC2c2ccccc2)ccc1[N+](=O)[O-])N1CCCC1. The van der Waals surface area contributed by atoms with Crippen LogP contribution in [-0.2, 0) is 0 Å². The topological polar surface area (TPSA) is 66.7 Å². The molecular formula is C21H23N3O3. The number of amides is 1. The van der Waals surface area contributed by atoms with Crippen LogP contribution in [0.3, 0.4) is 0 Å². The van der Waals surface area contributed by atoms with Crippen LogP contribution < -0.4 is 4.90 Å². The first-order valence-corrected chi connectivity index (χ1v) is 9.54. The van der Waals surface area contributed by atoms with Crippen LogP contribution in [0.1, 0.15) is 47.6 Å². The molecule has 0 bridgehead atoms. The molecule has 6 nitrogen and oxygen atoms in total. The molecule has 2 saturated heterocycles. The van der Waals surface area contributed by atoms with Crippen LogP contribution in [-0.4, -0.2) is 35.4 Å². The van der Waals surface area contributed by atoms with E-state index < -0.39 is 4.92 Å². The van der Waals surface area contributed by atoms with Crippen LogP contribution in [0.5, 0.6) is 0 Å². The van der Waals surface area contributed by atoms with E-state index in [1.54, 1.807) is 17.0 Å². The minimum Gasteiger partial charge on any atom is -0.364 e. The summed E-state index contributed by atoms with van der Waals surface area (Å²) in [6.45, 7) is 2.24. The lowest BCUT2D eigenvalue weighted by atomic mass is 10.0. The quantitative estimate of drug-likeness (QED) is 0.602. The molecule has 2 aliphatic rings. The van der Waals surface area contributed by atoms with Gasteiger partial charge >= 0.3 is 0 Å².